The van der Waals surface area contributed by atoms with Crippen molar-refractivity contribution in [1.82, 2.24) is 15.0 Å². The molecule has 0 radical (unpaired) electrons. The van der Waals surface area contributed by atoms with Crippen molar-refractivity contribution in [3.05, 3.63) is 81.0 Å². The molecule has 2 aromatic heterocycles. The summed E-state index contributed by atoms with van der Waals surface area (Å²) in [7, 11) is 0. The summed E-state index contributed by atoms with van der Waals surface area (Å²) in [6.07, 6.45) is 2.79. The topological polar surface area (TPSA) is 96.3 Å². The van der Waals surface area contributed by atoms with Gasteiger partial charge in [-0.25, -0.2) is 5.43 Å². The number of nitrogens with zero attached hydrogens (tertiary/aromatic N) is 2. The van der Waals surface area contributed by atoms with Gasteiger partial charge in [-0.05, 0) is 23.6 Å². The molecule has 24 heavy (non-hydrogen) atoms. The first kappa shape index (κ1) is 15.4. The third-order valence-corrected chi connectivity index (χ3v) is 3.39. The molecule has 3 rings (SSSR count). The molecule has 0 saturated carbocycles. The number of nitrogens with one attached hydrogen (secondary N) is 2. The van der Waals surface area contributed by atoms with Crippen LogP contribution in [-0.4, -0.2) is 21.7 Å². The van der Waals surface area contributed by atoms with Crippen molar-refractivity contribution >= 4 is 23.0 Å². The first-order chi connectivity index (χ1) is 11.6. The highest BCUT2D eigenvalue weighted by Gasteiger charge is 2.03. The number of hydrazone groups is 1. The molecule has 2 heterocycles. The zero-order chi connectivity index (χ0) is 16.9. The van der Waals surface area contributed by atoms with E-state index in [1.54, 1.807) is 24.3 Å². The van der Waals surface area contributed by atoms with Gasteiger partial charge in [-0.15, -0.1) is 0 Å². The molecule has 0 unspecified atom stereocenters. The largest absolute Gasteiger partial charge is 0.321 e. The Labute approximate surface area is 136 Å². The molecule has 0 aliphatic rings. The summed E-state index contributed by atoms with van der Waals surface area (Å²) in [6, 6.07) is 13.7. The Bertz CT molecular complexity index is 1030. The number of rotatable bonds is 4. The van der Waals surface area contributed by atoms with Crippen LogP contribution in [0.2, 0.25) is 0 Å². The van der Waals surface area contributed by atoms with Crippen LogP contribution in [0, 0.1) is 0 Å². The Balaban J connectivity index is 1.71. The molecule has 0 aliphatic heterocycles. The fraction of sp³-hybridized carbons (Fsp3) is 0.0588. The van der Waals surface area contributed by atoms with Gasteiger partial charge in [-0.3, -0.25) is 14.4 Å². The lowest BCUT2D eigenvalue weighted by Gasteiger charge is -2.03. The van der Waals surface area contributed by atoms with Crippen LogP contribution in [0.1, 0.15) is 5.56 Å². The Hall–Kier alpha value is -3.48. The van der Waals surface area contributed by atoms with Crippen molar-refractivity contribution in [3.63, 3.8) is 0 Å². The number of fused-ring (bicyclic) bond motifs is 1. The third kappa shape index (κ3) is 3.46. The number of carbonyl (C=O) groups is 1. The van der Waals surface area contributed by atoms with Gasteiger partial charge in [0.2, 0.25) is 0 Å². The Morgan fingerprint density at radius 3 is 2.79 bits per heavy atom. The van der Waals surface area contributed by atoms with Gasteiger partial charge < -0.3 is 9.55 Å². The van der Waals surface area contributed by atoms with Gasteiger partial charge in [-0.2, -0.15) is 5.10 Å². The number of hydrogen-bond donors (Lipinski definition) is 2. The average Bonchev–Trinajstić information content (AvgIpc) is 2.57. The molecule has 120 valence electrons. The van der Waals surface area contributed by atoms with Crippen LogP contribution in [0.5, 0.6) is 0 Å². The van der Waals surface area contributed by atoms with Crippen LogP contribution >= 0.6 is 0 Å². The second kappa shape index (κ2) is 6.74. The van der Waals surface area contributed by atoms with Crippen LogP contribution in [0.4, 0.5) is 0 Å². The highest BCUT2D eigenvalue weighted by Crippen LogP contribution is 2.08. The number of amides is 1. The molecule has 0 spiro atoms. The minimum atomic E-state index is -0.461. The van der Waals surface area contributed by atoms with Gasteiger partial charge in [0.1, 0.15) is 6.54 Å². The molecule has 2 N–H and O–H groups in total. The number of pyridine rings is 2. The van der Waals surface area contributed by atoms with Crippen LogP contribution in [0.15, 0.2) is 69.4 Å². The summed E-state index contributed by atoms with van der Waals surface area (Å²) in [5.41, 5.74) is 2.78. The predicted molar refractivity (Wildman–Crippen MR) is 91.0 cm³/mol. The monoisotopic (exact) mass is 322 g/mol. The van der Waals surface area contributed by atoms with Gasteiger partial charge in [0, 0.05) is 17.8 Å². The fourth-order valence-corrected chi connectivity index (χ4v) is 2.22. The van der Waals surface area contributed by atoms with Gasteiger partial charge in [0.25, 0.3) is 17.0 Å². The normalized spacial score (nSPS) is 11.0. The third-order valence-electron chi connectivity index (χ3n) is 3.39. The molecule has 1 aromatic carbocycles. The molecule has 0 aliphatic carbocycles. The molecule has 0 atom stereocenters. The quantitative estimate of drug-likeness (QED) is 0.550. The SMILES string of the molecule is O=C(Cn1ccccc1=O)N/N=C/c1cc2ccccc2[nH]c1=O. The maximum absolute atomic E-state index is 11.9. The Morgan fingerprint density at radius 1 is 1.17 bits per heavy atom. The van der Waals surface area contributed by atoms with E-state index in [4.69, 9.17) is 0 Å². The second-order valence-electron chi connectivity index (χ2n) is 5.10. The highest BCUT2D eigenvalue weighted by atomic mass is 16.2. The first-order valence-corrected chi connectivity index (χ1v) is 7.23. The Morgan fingerprint density at radius 2 is 1.96 bits per heavy atom. The molecule has 0 saturated heterocycles. The lowest BCUT2D eigenvalue weighted by Crippen LogP contribution is -2.29. The summed E-state index contributed by atoms with van der Waals surface area (Å²) in [5, 5.41) is 4.64. The summed E-state index contributed by atoms with van der Waals surface area (Å²) in [5.74, 6) is -0.461. The summed E-state index contributed by atoms with van der Waals surface area (Å²) in [6.45, 7) is -0.148. The van der Waals surface area contributed by atoms with Crippen LogP contribution < -0.4 is 16.5 Å². The first-order valence-electron chi connectivity index (χ1n) is 7.23. The average molecular weight is 322 g/mol. The van der Waals surface area contributed by atoms with E-state index in [9.17, 15) is 14.4 Å². The molecule has 7 nitrogen and oxygen atoms in total. The molecule has 1 amide bonds. The number of hydrogen-bond acceptors (Lipinski definition) is 4. The van der Waals surface area contributed by atoms with E-state index in [0.717, 1.165) is 10.9 Å². The zero-order valence-corrected chi connectivity index (χ0v) is 12.6. The number of carbonyl (C=O) groups excluding carboxylic acids is 1. The van der Waals surface area contributed by atoms with E-state index >= 15 is 0 Å². The van der Waals surface area contributed by atoms with Crippen molar-refractivity contribution < 1.29 is 4.79 Å². The number of para-hydroxylation sites is 1. The van der Waals surface area contributed by atoms with Gasteiger partial charge in [-0.1, -0.05) is 24.3 Å². The summed E-state index contributed by atoms with van der Waals surface area (Å²) >= 11 is 0. The van der Waals surface area contributed by atoms with E-state index < -0.39 is 5.91 Å². The maximum atomic E-state index is 11.9. The van der Waals surface area contributed by atoms with Crippen molar-refractivity contribution in [1.29, 1.82) is 0 Å². The molecule has 0 fully saturated rings. The molecule has 0 bridgehead atoms. The van der Waals surface area contributed by atoms with Gasteiger partial charge in [0.05, 0.1) is 11.8 Å². The van der Waals surface area contributed by atoms with Crippen LogP contribution in [0.25, 0.3) is 10.9 Å². The minimum Gasteiger partial charge on any atom is -0.321 e. The standard InChI is InChI=1S/C17H14N4O3/c22-15(11-21-8-4-3-7-16(21)23)20-18-10-13-9-12-5-1-2-6-14(12)19-17(13)24/h1-10H,11H2,(H,19,24)(H,20,22)/b18-10+. The molecule has 7 heteroatoms. The number of aromatic nitrogens is 2. The zero-order valence-electron chi connectivity index (χ0n) is 12.6. The lowest BCUT2D eigenvalue weighted by molar-refractivity contribution is -0.121. The number of H-pyrrole nitrogens is 1. The van der Waals surface area contributed by atoms with E-state index in [1.165, 1.54) is 23.0 Å². The molecular weight excluding hydrogens is 308 g/mol. The highest BCUT2D eigenvalue weighted by molar-refractivity contribution is 5.88. The predicted octanol–water partition coefficient (Wildman–Crippen LogP) is 0.840. The van der Waals surface area contributed by atoms with E-state index in [-0.39, 0.29) is 17.7 Å². The smallest absolute Gasteiger partial charge is 0.260 e. The van der Waals surface area contributed by atoms with Crippen molar-refractivity contribution in [2.75, 3.05) is 0 Å². The molecule has 3 aromatic rings. The molecular formula is C17H14N4O3. The van der Waals surface area contributed by atoms with Crippen molar-refractivity contribution in [2.24, 2.45) is 5.10 Å². The number of aromatic amines is 1. The Kier molecular flexibility index (Phi) is 4.33. The van der Waals surface area contributed by atoms with E-state index in [2.05, 4.69) is 15.5 Å². The summed E-state index contributed by atoms with van der Waals surface area (Å²) in [4.78, 5) is 38.0. The van der Waals surface area contributed by atoms with E-state index in [1.807, 2.05) is 18.2 Å². The number of benzene rings is 1. The minimum absolute atomic E-state index is 0.148. The van der Waals surface area contributed by atoms with Gasteiger partial charge in [0.15, 0.2) is 0 Å². The lowest BCUT2D eigenvalue weighted by atomic mass is 10.2. The van der Waals surface area contributed by atoms with Crippen LogP contribution in [-0.2, 0) is 11.3 Å². The van der Waals surface area contributed by atoms with Crippen molar-refractivity contribution in [2.45, 2.75) is 6.54 Å². The summed E-state index contributed by atoms with van der Waals surface area (Å²) < 4.78 is 1.26. The fourth-order valence-electron chi connectivity index (χ4n) is 2.22. The van der Waals surface area contributed by atoms with Crippen LogP contribution in [0.3, 0.4) is 0 Å². The van der Waals surface area contributed by atoms with Gasteiger partial charge >= 0.3 is 0 Å². The van der Waals surface area contributed by atoms with E-state index in [0.29, 0.717) is 5.56 Å². The van der Waals surface area contributed by atoms with Crippen molar-refractivity contribution in [3.8, 4) is 0 Å². The maximum Gasteiger partial charge on any atom is 0.260 e. The second-order valence-corrected chi connectivity index (χ2v) is 5.10.